The van der Waals surface area contributed by atoms with E-state index in [1.807, 2.05) is 0 Å². The molecule has 2 heterocycles. The molecule has 0 amide bonds. The van der Waals surface area contributed by atoms with E-state index in [4.69, 9.17) is 4.74 Å². The maximum absolute atomic E-state index is 11.7. The average Bonchev–Trinajstić information content (AvgIpc) is 2.93. The fraction of sp³-hybridized carbons (Fsp3) is 0.923. The van der Waals surface area contributed by atoms with Crippen LogP contribution in [-0.2, 0) is 9.53 Å². The van der Waals surface area contributed by atoms with Gasteiger partial charge in [0, 0.05) is 0 Å². The van der Waals surface area contributed by atoms with Gasteiger partial charge in [-0.15, -0.1) is 0 Å². The first-order chi connectivity index (χ1) is 8.04. The fourth-order valence-electron chi connectivity index (χ4n) is 4.08. The minimum Gasteiger partial charge on any atom is -0.481 e. The maximum atomic E-state index is 11.7. The average molecular weight is 240 g/mol. The van der Waals surface area contributed by atoms with E-state index in [-0.39, 0.29) is 12.2 Å². The molecule has 3 fully saturated rings. The summed E-state index contributed by atoms with van der Waals surface area (Å²) in [5, 5.41) is 20.0. The largest absolute Gasteiger partial charge is 0.481 e. The third-order valence-electron chi connectivity index (χ3n) is 4.92. The normalized spacial score (nSPS) is 43.1. The van der Waals surface area contributed by atoms with E-state index in [0.29, 0.717) is 12.8 Å². The number of ether oxygens (including phenoxy) is 1. The van der Waals surface area contributed by atoms with Gasteiger partial charge in [-0.1, -0.05) is 12.8 Å². The molecule has 4 nitrogen and oxygen atoms in total. The molecular formula is C13H20O4. The van der Waals surface area contributed by atoms with Gasteiger partial charge in [0.05, 0.1) is 23.2 Å². The molecule has 0 aromatic heterocycles. The molecule has 0 aromatic rings. The van der Waals surface area contributed by atoms with Gasteiger partial charge < -0.3 is 14.9 Å². The second kappa shape index (κ2) is 3.69. The predicted molar refractivity (Wildman–Crippen MR) is 60.6 cm³/mol. The van der Waals surface area contributed by atoms with Crippen molar-refractivity contribution in [2.75, 3.05) is 0 Å². The van der Waals surface area contributed by atoms with Crippen LogP contribution in [0.25, 0.3) is 0 Å². The van der Waals surface area contributed by atoms with Crippen LogP contribution in [0.3, 0.4) is 0 Å². The van der Waals surface area contributed by atoms with Crippen LogP contribution in [0.1, 0.15) is 51.4 Å². The highest BCUT2D eigenvalue weighted by atomic mass is 16.5. The lowest BCUT2D eigenvalue weighted by Gasteiger charge is -2.37. The molecule has 2 bridgehead atoms. The summed E-state index contributed by atoms with van der Waals surface area (Å²) < 4.78 is 5.71. The topological polar surface area (TPSA) is 66.8 Å². The monoisotopic (exact) mass is 240 g/mol. The lowest BCUT2D eigenvalue weighted by Crippen LogP contribution is -2.46. The number of carboxylic acids is 1. The van der Waals surface area contributed by atoms with Crippen molar-refractivity contribution >= 4 is 5.97 Å². The van der Waals surface area contributed by atoms with E-state index in [1.165, 1.54) is 0 Å². The molecule has 3 rings (SSSR count). The third kappa shape index (κ3) is 1.69. The summed E-state index contributed by atoms with van der Waals surface area (Å²) in [5.74, 6) is -0.773. The van der Waals surface area contributed by atoms with Crippen molar-refractivity contribution in [1.29, 1.82) is 0 Å². The standard InChI is InChI=1S/C13H20O4/c14-11(15)13(7-9-3-4-10(13)17-9)8-12(16)5-1-2-6-12/h9-10,16H,1-8H2,(H,14,15). The van der Waals surface area contributed by atoms with Crippen molar-refractivity contribution in [3.05, 3.63) is 0 Å². The second-order valence-electron chi connectivity index (χ2n) is 6.10. The van der Waals surface area contributed by atoms with E-state index in [9.17, 15) is 15.0 Å². The lowest BCUT2D eigenvalue weighted by molar-refractivity contribution is -0.158. The number of hydrogen-bond acceptors (Lipinski definition) is 3. The van der Waals surface area contributed by atoms with E-state index in [2.05, 4.69) is 0 Å². The Balaban J connectivity index is 1.83. The number of aliphatic carboxylic acids is 1. The molecule has 2 N–H and O–H groups in total. The Morgan fingerprint density at radius 2 is 2.00 bits per heavy atom. The summed E-state index contributed by atoms with van der Waals surface area (Å²) in [7, 11) is 0. The Bertz CT molecular complexity index is 334. The number of rotatable bonds is 3. The van der Waals surface area contributed by atoms with Crippen molar-refractivity contribution in [3.63, 3.8) is 0 Å². The highest BCUT2D eigenvalue weighted by Crippen LogP contribution is 2.53. The van der Waals surface area contributed by atoms with Crippen LogP contribution < -0.4 is 0 Å². The minimum atomic E-state index is -0.817. The van der Waals surface area contributed by atoms with Gasteiger partial charge in [-0.3, -0.25) is 4.79 Å². The van der Waals surface area contributed by atoms with Crippen molar-refractivity contribution in [1.82, 2.24) is 0 Å². The van der Waals surface area contributed by atoms with E-state index in [1.54, 1.807) is 0 Å². The van der Waals surface area contributed by atoms with E-state index in [0.717, 1.165) is 38.5 Å². The zero-order valence-corrected chi connectivity index (χ0v) is 10.0. The maximum Gasteiger partial charge on any atom is 0.312 e. The SMILES string of the molecule is O=C(O)C1(CC2(O)CCCC2)CC2CCC1O2. The number of carboxylic acid groups (broad SMARTS) is 1. The summed E-state index contributed by atoms with van der Waals surface area (Å²) in [4.78, 5) is 11.7. The molecule has 3 unspecified atom stereocenters. The van der Waals surface area contributed by atoms with Crippen LogP contribution in [0.5, 0.6) is 0 Å². The second-order valence-corrected chi connectivity index (χ2v) is 6.10. The van der Waals surface area contributed by atoms with Gasteiger partial charge in [0.25, 0.3) is 0 Å². The van der Waals surface area contributed by atoms with Gasteiger partial charge in [-0.05, 0) is 38.5 Å². The molecule has 4 heteroatoms. The third-order valence-corrected chi connectivity index (χ3v) is 4.92. The molecular weight excluding hydrogens is 220 g/mol. The molecule has 1 aliphatic carbocycles. The molecule has 17 heavy (non-hydrogen) atoms. The van der Waals surface area contributed by atoms with Crippen molar-refractivity contribution in [2.45, 2.75) is 69.2 Å². The number of aliphatic hydroxyl groups is 1. The van der Waals surface area contributed by atoms with Crippen LogP contribution in [0.4, 0.5) is 0 Å². The fourth-order valence-corrected chi connectivity index (χ4v) is 4.08. The molecule has 1 saturated carbocycles. The van der Waals surface area contributed by atoms with Crippen molar-refractivity contribution in [2.24, 2.45) is 5.41 Å². The van der Waals surface area contributed by atoms with Gasteiger partial charge in [0.2, 0.25) is 0 Å². The van der Waals surface area contributed by atoms with Crippen LogP contribution in [0.15, 0.2) is 0 Å². The van der Waals surface area contributed by atoms with Gasteiger partial charge in [-0.25, -0.2) is 0 Å². The smallest absolute Gasteiger partial charge is 0.312 e. The Hall–Kier alpha value is -0.610. The Morgan fingerprint density at radius 3 is 2.47 bits per heavy atom. The first-order valence-corrected chi connectivity index (χ1v) is 6.65. The molecule has 3 aliphatic rings. The molecule has 2 saturated heterocycles. The van der Waals surface area contributed by atoms with Gasteiger partial charge in [0.15, 0.2) is 0 Å². The van der Waals surface area contributed by atoms with Gasteiger partial charge >= 0.3 is 5.97 Å². The molecule has 3 atom stereocenters. The Kier molecular flexibility index (Phi) is 2.49. The van der Waals surface area contributed by atoms with Crippen LogP contribution in [-0.4, -0.2) is 34.0 Å². The Labute approximate surface area is 101 Å². The molecule has 0 spiro atoms. The highest BCUT2D eigenvalue weighted by molar-refractivity contribution is 5.76. The zero-order valence-electron chi connectivity index (χ0n) is 10.0. The van der Waals surface area contributed by atoms with Gasteiger partial charge in [0.1, 0.15) is 0 Å². The van der Waals surface area contributed by atoms with Crippen LogP contribution in [0.2, 0.25) is 0 Å². The minimum absolute atomic E-state index is 0.112. The summed E-state index contributed by atoms with van der Waals surface area (Å²) in [6.07, 6.45) is 6.27. The number of carbonyl (C=O) groups is 1. The summed E-state index contributed by atoms with van der Waals surface area (Å²) in [5.41, 5.74) is -1.58. The zero-order chi connectivity index (χ0) is 12.1. The molecule has 0 aromatic carbocycles. The molecule has 96 valence electrons. The summed E-state index contributed by atoms with van der Waals surface area (Å²) in [6, 6.07) is 0. The van der Waals surface area contributed by atoms with E-state index >= 15 is 0 Å². The van der Waals surface area contributed by atoms with E-state index < -0.39 is 17.0 Å². The van der Waals surface area contributed by atoms with Crippen molar-refractivity contribution in [3.8, 4) is 0 Å². The van der Waals surface area contributed by atoms with Gasteiger partial charge in [-0.2, -0.15) is 0 Å². The molecule has 0 radical (unpaired) electrons. The van der Waals surface area contributed by atoms with Crippen LogP contribution >= 0.6 is 0 Å². The predicted octanol–water partition coefficient (Wildman–Crippen LogP) is 1.70. The Morgan fingerprint density at radius 1 is 1.29 bits per heavy atom. The first-order valence-electron chi connectivity index (χ1n) is 6.65. The highest BCUT2D eigenvalue weighted by Gasteiger charge is 2.60. The number of hydrogen-bond donors (Lipinski definition) is 2. The summed E-state index contributed by atoms with van der Waals surface area (Å²) >= 11 is 0. The molecule has 2 aliphatic heterocycles. The van der Waals surface area contributed by atoms with Crippen LogP contribution in [0, 0.1) is 5.41 Å². The summed E-state index contributed by atoms with van der Waals surface area (Å²) in [6.45, 7) is 0. The van der Waals surface area contributed by atoms with Crippen molar-refractivity contribution < 1.29 is 19.7 Å². The quantitative estimate of drug-likeness (QED) is 0.788. The first kappa shape index (κ1) is 11.5. The lowest BCUT2D eigenvalue weighted by atomic mass is 9.67. The number of fused-ring (bicyclic) bond motifs is 2.